The molecule has 1 nitrogen and oxygen atoms in total. The van der Waals surface area contributed by atoms with Crippen LogP contribution < -0.4 is 0 Å². The summed E-state index contributed by atoms with van der Waals surface area (Å²) in [7, 11) is 2.12. The van der Waals surface area contributed by atoms with E-state index in [0.29, 0.717) is 0 Å². The van der Waals surface area contributed by atoms with Gasteiger partial charge in [0, 0.05) is 12.8 Å². The normalized spacial score (nSPS) is 12.1. The molecule has 0 rings (SSSR count). The summed E-state index contributed by atoms with van der Waals surface area (Å²) >= 11 is 0. The van der Waals surface area contributed by atoms with Crippen LogP contribution >= 0.6 is 0 Å². The Labute approximate surface area is 52.0 Å². The minimum absolute atomic E-state index is 1.15. The van der Waals surface area contributed by atoms with E-state index in [1.165, 1.54) is 13.0 Å². The second kappa shape index (κ2) is 4.82. The van der Waals surface area contributed by atoms with E-state index in [4.69, 9.17) is 0 Å². The molecule has 0 atom stereocenters. The monoisotopic (exact) mass is 114 g/mol. The zero-order valence-electron chi connectivity index (χ0n) is 6.15. The van der Waals surface area contributed by atoms with E-state index < -0.39 is 0 Å². The third kappa shape index (κ3) is 3.85. The second-order valence-electron chi connectivity index (χ2n) is 2.07. The SMILES string of the molecule is CCC=[N+](C)CCC. The van der Waals surface area contributed by atoms with Crippen LogP contribution in [0.1, 0.15) is 26.7 Å². The summed E-state index contributed by atoms with van der Waals surface area (Å²) in [6.07, 6.45) is 4.60. The van der Waals surface area contributed by atoms with Crippen molar-refractivity contribution >= 4 is 6.21 Å². The van der Waals surface area contributed by atoms with E-state index in [1.54, 1.807) is 0 Å². The van der Waals surface area contributed by atoms with E-state index in [9.17, 15) is 0 Å². The summed E-state index contributed by atoms with van der Waals surface area (Å²) < 4.78 is 2.24. The van der Waals surface area contributed by atoms with Crippen molar-refractivity contribution in [3.05, 3.63) is 0 Å². The molecule has 1 heteroatoms. The lowest BCUT2D eigenvalue weighted by Gasteiger charge is -1.89. The van der Waals surface area contributed by atoms with Crippen molar-refractivity contribution in [2.24, 2.45) is 0 Å². The Morgan fingerprint density at radius 1 is 1.38 bits per heavy atom. The molecule has 8 heavy (non-hydrogen) atoms. The standard InChI is InChI=1S/C7H16N/c1-4-6-8(3)7-5-2/h6H,4-5,7H2,1-3H3/q+1. The van der Waals surface area contributed by atoms with Gasteiger partial charge < -0.3 is 0 Å². The summed E-state index contributed by atoms with van der Waals surface area (Å²) in [6, 6.07) is 0. The highest BCUT2D eigenvalue weighted by Crippen LogP contribution is 1.75. The molecule has 0 heterocycles. The quantitative estimate of drug-likeness (QED) is 0.386. The van der Waals surface area contributed by atoms with E-state index in [0.717, 1.165) is 6.42 Å². The highest BCUT2D eigenvalue weighted by molar-refractivity contribution is 5.50. The van der Waals surface area contributed by atoms with E-state index in [-0.39, 0.29) is 0 Å². The van der Waals surface area contributed by atoms with Crippen molar-refractivity contribution in [1.29, 1.82) is 0 Å². The molecule has 0 saturated heterocycles. The molecule has 0 aromatic heterocycles. The molecule has 48 valence electrons. The van der Waals surface area contributed by atoms with E-state index in [1.807, 2.05) is 0 Å². The van der Waals surface area contributed by atoms with Gasteiger partial charge in [-0.05, 0) is 0 Å². The van der Waals surface area contributed by atoms with Crippen molar-refractivity contribution in [2.75, 3.05) is 13.6 Å². The zero-order chi connectivity index (χ0) is 6.41. The van der Waals surface area contributed by atoms with Crippen molar-refractivity contribution in [1.82, 2.24) is 0 Å². The van der Waals surface area contributed by atoms with Crippen molar-refractivity contribution in [3.8, 4) is 0 Å². The van der Waals surface area contributed by atoms with Gasteiger partial charge in [-0.25, -0.2) is 4.58 Å². The number of nitrogens with zero attached hydrogens (tertiary/aromatic N) is 1. The van der Waals surface area contributed by atoms with Gasteiger partial charge in [0.15, 0.2) is 0 Å². The first-order chi connectivity index (χ1) is 3.81. The first-order valence-corrected chi connectivity index (χ1v) is 3.34. The van der Waals surface area contributed by atoms with Crippen LogP contribution in [0.4, 0.5) is 0 Å². The van der Waals surface area contributed by atoms with Gasteiger partial charge in [-0.15, -0.1) is 0 Å². The lowest BCUT2D eigenvalue weighted by molar-refractivity contribution is -0.493. The Balaban J connectivity index is 3.29. The molecule has 0 bridgehead atoms. The molecule has 0 aromatic rings. The summed E-state index contributed by atoms with van der Waals surface area (Å²) in [5.74, 6) is 0. The molecular formula is C7H16N+. The largest absolute Gasteiger partial charge is 0.242 e. The molecule has 0 spiro atoms. The topological polar surface area (TPSA) is 3.01 Å². The average Bonchev–Trinajstić information content (AvgIpc) is 1.68. The van der Waals surface area contributed by atoms with Crippen molar-refractivity contribution in [3.63, 3.8) is 0 Å². The van der Waals surface area contributed by atoms with E-state index >= 15 is 0 Å². The smallest absolute Gasteiger partial charge is 0.142 e. The van der Waals surface area contributed by atoms with Gasteiger partial charge in [0.2, 0.25) is 0 Å². The van der Waals surface area contributed by atoms with Gasteiger partial charge in [0.25, 0.3) is 0 Å². The lowest BCUT2D eigenvalue weighted by atomic mass is 10.4. The van der Waals surface area contributed by atoms with Crippen LogP contribution in [-0.4, -0.2) is 24.4 Å². The maximum atomic E-state index is 2.24. The first-order valence-electron chi connectivity index (χ1n) is 3.34. The van der Waals surface area contributed by atoms with Gasteiger partial charge in [-0.1, -0.05) is 13.8 Å². The molecular weight excluding hydrogens is 98.1 g/mol. The maximum absolute atomic E-state index is 2.24. The van der Waals surface area contributed by atoms with Crippen LogP contribution in [0.5, 0.6) is 0 Å². The number of rotatable bonds is 3. The molecule has 0 aliphatic carbocycles. The van der Waals surface area contributed by atoms with Gasteiger partial charge in [0.05, 0.1) is 0 Å². The Hall–Kier alpha value is -0.330. The van der Waals surface area contributed by atoms with Crippen LogP contribution in [0, 0.1) is 0 Å². The summed E-state index contributed by atoms with van der Waals surface area (Å²) in [6.45, 7) is 5.54. The zero-order valence-corrected chi connectivity index (χ0v) is 6.15. The second-order valence-corrected chi connectivity index (χ2v) is 2.07. The third-order valence-electron chi connectivity index (χ3n) is 1.07. The highest BCUT2D eigenvalue weighted by atomic mass is 14.9. The third-order valence-corrected chi connectivity index (χ3v) is 1.07. The first kappa shape index (κ1) is 7.67. The molecule has 0 saturated carbocycles. The molecule has 0 aromatic carbocycles. The summed E-state index contributed by atoms with van der Waals surface area (Å²) in [5, 5.41) is 0. The van der Waals surface area contributed by atoms with Gasteiger partial charge >= 0.3 is 0 Å². The van der Waals surface area contributed by atoms with E-state index in [2.05, 4.69) is 31.7 Å². The molecule has 0 aliphatic heterocycles. The van der Waals surface area contributed by atoms with Crippen LogP contribution in [0.25, 0.3) is 0 Å². The maximum Gasteiger partial charge on any atom is 0.142 e. The molecule has 0 unspecified atom stereocenters. The van der Waals surface area contributed by atoms with Gasteiger partial charge in [0.1, 0.15) is 19.8 Å². The predicted molar refractivity (Wildman–Crippen MR) is 37.7 cm³/mol. The predicted octanol–water partition coefficient (Wildman–Crippen LogP) is 1.52. The van der Waals surface area contributed by atoms with Gasteiger partial charge in [-0.2, -0.15) is 0 Å². The van der Waals surface area contributed by atoms with Gasteiger partial charge in [-0.3, -0.25) is 0 Å². The molecule has 0 fully saturated rings. The minimum Gasteiger partial charge on any atom is -0.242 e. The van der Waals surface area contributed by atoms with Crippen molar-refractivity contribution < 1.29 is 4.58 Å². The van der Waals surface area contributed by atoms with Crippen LogP contribution in [-0.2, 0) is 0 Å². The Morgan fingerprint density at radius 3 is 2.38 bits per heavy atom. The number of hydrogen-bond acceptors (Lipinski definition) is 0. The fourth-order valence-electron chi connectivity index (χ4n) is 0.756. The fourth-order valence-corrected chi connectivity index (χ4v) is 0.756. The Bertz CT molecular complexity index is 74.5. The molecule has 0 radical (unpaired) electrons. The summed E-state index contributed by atoms with van der Waals surface area (Å²) in [4.78, 5) is 0. The van der Waals surface area contributed by atoms with Crippen LogP contribution in [0.3, 0.4) is 0 Å². The summed E-state index contributed by atoms with van der Waals surface area (Å²) in [5.41, 5.74) is 0. The Kier molecular flexibility index (Phi) is 4.62. The van der Waals surface area contributed by atoms with Crippen LogP contribution in [0.15, 0.2) is 0 Å². The lowest BCUT2D eigenvalue weighted by Crippen LogP contribution is -2.06. The molecule has 0 amide bonds. The fraction of sp³-hybridized carbons (Fsp3) is 0.857. The minimum atomic E-state index is 1.15. The van der Waals surface area contributed by atoms with Crippen LogP contribution in [0.2, 0.25) is 0 Å². The number of hydrogen-bond donors (Lipinski definition) is 0. The Morgan fingerprint density at radius 2 is 2.00 bits per heavy atom. The highest BCUT2D eigenvalue weighted by Gasteiger charge is 1.87. The molecule has 0 N–H and O–H groups in total. The molecule has 0 aliphatic rings. The van der Waals surface area contributed by atoms with Crippen molar-refractivity contribution in [2.45, 2.75) is 26.7 Å². The average molecular weight is 114 g/mol.